The number of carbonyl (C=O) groups excluding carboxylic acids is 1. The molecule has 0 saturated heterocycles. The standard InChI is InChI=1S/C25H29N5O/c1-4-6-7-18(3)12-14-30(13-5-2)21-10-8-19(9-11-21)23-22(17-28)24(29-25(23)31)20(15-26)16-27/h8-11,18H,4-7,12-14H2,1-3H3,(H,29,31). The molecule has 2 rings (SSSR count). The summed E-state index contributed by atoms with van der Waals surface area (Å²) in [6.45, 7) is 8.61. The van der Waals surface area contributed by atoms with Gasteiger partial charge < -0.3 is 10.2 Å². The van der Waals surface area contributed by atoms with Crippen molar-refractivity contribution in [1.29, 1.82) is 15.8 Å². The molecule has 31 heavy (non-hydrogen) atoms. The molecule has 0 fully saturated rings. The Hall–Kier alpha value is -3.56. The molecule has 0 bridgehead atoms. The lowest BCUT2D eigenvalue weighted by Gasteiger charge is -2.26. The number of benzene rings is 1. The van der Waals surface area contributed by atoms with Crippen LogP contribution in [-0.2, 0) is 4.79 Å². The predicted octanol–water partition coefficient (Wildman–Crippen LogP) is 4.83. The first-order valence-electron chi connectivity index (χ1n) is 10.9. The Morgan fingerprint density at radius 3 is 2.26 bits per heavy atom. The molecule has 0 aromatic heterocycles. The van der Waals surface area contributed by atoms with E-state index < -0.39 is 5.91 Å². The third kappa shape index (κ3) is 5.74. The van der Waals surface area contributed by atoms with Gasteiger partial charge in [-0.3, -0.25) is 4.79 Å². The molecule has 0 radical (unpaired) electrons. The van der Waals surface area contributed by atoms with Crippen LogP contribution in [0.15, 0.2) is 41.1 Å². The van der Waals surface area contributed by atoms with Crippen LogP contribution >= 0.6 is 0 Å². The quantitative estimate of drug-likeness (QED) is 0.551. The minimum Gasteiger partial charge on any atom is -0.372 e. The van der Waals surface area contributed by atoms with Crippen molar-refractivity contribution in [3.8, 4) is 18.2 Å². The van der Waals surface area contributed by atoms with Crippen LogP contribution in [-0.4, -0.2) is 19.0 Å². The van der Waals surface area contributed by atoms with Crippen molar-refractivity contribution < 1.29 is 4.79 Å². The Morgan fingerprint density at radius 2 is 1.71 bits per heavy atom. The first kappa shape index (κ1) is 23.7. The molecule has 1 aliphatic rings. The Morgan fingerprint density at radius 1 is 1.03 bits per heavy atom. The van der Waals surface area contributed by atoms with Crippen LogP contribution in [0.2, 0.25) is 0 Å². The number of nitrogens with one attached hydrogen (secondary N) is 1. The summed E-state index contributed by atoms with van der Waals surface area (Å²) < 4.78 is 0. The number of anilines is 1. The van der Waals surface area contributed by atoms with Crippen molar-refractivity contribution in [3.63, 3.8) is 0 Å². The van der Waals surface area contributed by atoms with Crippen LogP contribution in [0.3, 0.4) is 0 Å². The van der Waals surface area contributed by atoms with E-state index in [-0.39, 0.29) is 22.4 Å². The van der Waals surface area contributed by atoms with E-state index >= 15 is 0 Å². The fourth-order valence-electron chi connectivity index (χ4n) is 3.74. The molecule has 6 nitrogen and oxygen atoms in total. The molecule has 1 aliphatic heterocycles. The van der Waals surface area contributed by atoms with E-state index in [1.807, 2.05) is 30.3 Å². The van der Waals surface area contributed by atoms with Crippen LogP contribution in [0.5, 0.6) is 0 Å². The highest BCUT2D eigenvalue weighted by molar-refractivity contribution is 6.26. The summed E-state index contributed by atoms with van der Waals surface area (Å²) in [6, 6.07) is 13.0. The van der Waals surface area contributed by atoms with Crippen LogP contribution in [0.4, 0.5) is 5.69 Å². The van der Waals surface area contributed by atoms with Gasteiger partial charge in [-0.1, -0.05) is 52.2 Å². The summed E-state index contributed by atoms with van der Waals surface area (Å²) in [7, 11) is 0. The number of carbonyl (C=O) groups is 1. The molecule has 6 heteroatoms. The first-order chi connectivity index (χ1) is 15.0. The average molecular weight is 416 g/mol. The molecule has 1 N–H and O–H groups in total. The predicted molar refractivity (Wildman–Crippen MR) is 121 cm³/mol. The average Bonchev–Trinajstić information content (AvgIpc) is 3.12. The molecule has 0 aliphatic carbocycles. The molecule has 1 aromatic carbocycles. The largest absolute Gasteiger partial charge is 0.372 e. The van der Waals surface area contributed by atoms with Gasteiger partial charge in [-0.05, 0) is 36.5 Å². The second-order valence-electron chi connectivity index (χ2n) is 7.86. The summed E-state index contributed by atoms with van der Waals surface area (Å²) in [5.74, 6) is 0.209. The summed E-state index contributed by atoms with van der Waals surface area (Å²) in [5, 5.41) is 30.3. The van der Waals surface area contributed by atoms with Crippen molar-refractivity contribution in [2.24, 2.45) is 5.92 Å². The second-order valence-corrected chi connectivity index (χ2v) is 7.86. The number of hydrogen-bond donors (Lipinski definition) is 1. The molecule has 0 spiro atoms. The van der Waals surface area contributed by atoms with Crippen LogP contribution in [0.25, 0.3) is 5.57 Å². The maximum atomic E-state index is 12.5. The van der Waals surface area contributed by atoms with E-state index in [1.54, 1.807) is 12.1 Å². The van der Waals surface area contributed by atoms with Gasteiger partial charge in [0.05, 0.1) is 16.8 Å². The summed E-state index contributed by atoms with van der Waals surface area (Å²) in [5.41, 5.74) is 1.62. The highest BCUT2D eigenvalue weighted by Crippen LogP contribution is 2.31. The molecule has 1 aromatic rings. The Bertz CT molecular complexity index is 967. The smallest absolute Gasteiger partial charge is 0.257 e. The zero-order chi connectivity index (χ0) is 22.8. The highest BCUT2D eigenvalue weighted by atomic mass is 16.2. The van der Waals surface area contributed by atoms with Gasteiger partial charge >= 0.3 is 0 Å². The van der Waals surface area contributed by atoms with Crippen LogP contribution < -0.4 is 10.2 Å². The maximum absolute atomic E-state index is 12.5. The zero-order valence-corrected chi connectivity index (χ0v) is 18.5. The molecule has 1 heterocycles. The van der Waals surface area contributed by atoms with Gasteiger partial charge in [0.15, 0.2) is 5.57 Å². The lowest BCUT2D eigenvalue weighted by atomic mass is 9.99. The van der Waals surface area contributed by atoms with Gasteiger partial charge in [0, 0.05) is 18.8 Å². The van der Waals surface area contributed by atoms with E-state index in [9.17, 15) is 10.1 Å². The molecule has 0 saturated carbocycles. The number of unbranched alkanes of at least 4 members (excludes halogenated alkanes) is 1. The lowest BCUT2D eigenvalue weighted by Crippen LogP contribution is -2.26. The lowest BCUT2D eigenvalue weighted by molar-refractivity contribution is -0.114. The Balaban J connectivity index is 2.28. The minimum absolute atomic E-state index is 0.00903. The van der Waals surface area contributed by atoms with Gasteiger partial charge in [-0.15, -0.1) is 0 Å². The van der Waals surface area contributed by atoms with Crippen molar-refractivity contribution in [2.45, 2.75) is 52.9 Å². The summed E-state index contributed by atoms with van der Waals surface area (Å²) in [6.07, 6.45) is 5.90. The Labute approximate surface area is 185 Å². The van der Waals surface area contributed by atoms with E-state index in [4.69, 9.17) is 10.5 Å². The fourth-order valence-corrected chi connectivity index (χ4v) is 3.74. The number of rotatable bonds is 10. The first-order valence-corrected chi connectivity index (χ1v) is 10.9. The van der Waals surface area contributed by atoms with Gasteiger partial charge in [0.25, 0.3) is 5.91 Å². The normalized spacial score (nSPS) is 13.8. The van der Waals surface area contributed by atoms with Gasteiger partial charge in [0.1, 0.15) is 18.2 Å². The highest BCUT2D eigenvalue weighted by Gasteiger charge is 2.31. The zero-order valence-electron chi connectivity index (χ0n) is 18.5. The minimum atomic E-state index is -0.475. The topological polar surface area (TPSA) is 104 Å². The number of nitrogens with zero attached hydrogens (tertiary/aromatic N) is 4. The van der Waals surface area contributed by atoms with Gasteiger partial charge in [-0.25, -0.2) is 0 Å². The molecular formula is C25H29N5O. The maximum Gasteiger partial charge on any atom is 0.257 e. The number of allylic oxidation sites excluding steroid dienone is 2. The van der Waals surface area contributed by atoms with Crippen molar-refractivity contribution >= 4 is 17.2 Å². The molecule has 1 amide bonds. The summed E-state index contributed by atoms with van der Waals surface area (Å²) >= 11 is 0. The van der Waals surface area contributed by atoms with Crippen LogP contribution in [0, 0.1) is 39.9 Å². The van der Waals surface area contributed by atoms with Gasteiger partial charge in [-0.2, -0.15) is 15.8 Å². The van der Waals surface area contributed by atoms with Crippen molar-refractivity contribution in [2.75, 3.05) is 18.0 Å². The van der Waals surface area contributed by atoms with E-state index in [0.29, 0.717) is 11.5 Å². The SMILES string of the molecule is CCCCC(C)CCN(CCC)c1ccc(C2=C(C#N)C(=C(C#N)C#N)NC2=O)cc1. The van der Waals surface area contributed by atoms with E-state index in [2.05, 4.69) is 31.0 Å². The Kier molecular flexibility index (Phi) is 8.86. The van der Waals surface area contributed by atoms with Crippen molar-refractivity contribution in [3.05, 3.63) is 46.7 Å². The number of hydrogen-bond acceptors (Lipinski definition) is 5. The molecular weight excluding hydrogens is 386 g/mol. The number of nitriles is 3. The van der Waals surface area contributed by atoms with E-state index in [1.165, 1.54) is 19.3 Å². The van der Waals surface area contributed by atoms with E-state index in [0.717, 1.165) is 31.6 Å². The third-order valence-corrected chi connectivity index (χ3v) is 5.51. The number of amides is 1. The molecule has 1 unspecified atom stereocenters. The second kappa shape index (κ2) is 11.6. The van der Waals surface area contributed by atoms with Gasteiger partial charge in [0.2, 0.25) is 0 Å². The summed E-state index contributed by atoms with van der Waals surface area (Å²) in [4.78, 5) is 14.8. The monoisotopic (exact) mass is 415 g/mol. The molecule has 1 atom stereocenters. The third-order valence-electron chi connectivity index (χ3n) is 5.51. The van der Waals surface area contributed by atoms with Crippen LogP contribution in [0.1, 0.15) is 58.4 Å². The molecule has 160 valence electrons. The van der Waals surface area contributed by atoms with Crippen molar-refractivity contribution in [1.82, 2.24) is 5.32 Å². The fraction of sp³-hybridized carbons (Fsp3) is 0.440.